The van der Waals surface area contributed by atoms with Crippen LogP contribution in [0.2, 0.25) is 5.02 Å². The molecule has 3 rings (SSSR count). The molecule has 17 heavy (non-hydrogen) atoms. The normalized spacial score (nSPS) is 15.7. The molecule has 90 valence electrons. The van der Waals surface area contributed by atoms with Crippen molar-refractivity contribution >= 4 is 22.5 Å². The summed E-state index contributed by atoms with van der Waals surface area (Å²) in [7, 11) is 2.12. The lowest BCUT2D eigenvalue weighted by Crippen LogP contribution is -2.17. The van der Waals surface area contributed by atoms with Crippen LogP contribution in [-0.2, 0) is 13.6 Å². The van der Waals surface area contributed by atoms with Crippen LogP contribution in [0.25, 0.3) is 10.9 Å². The topological polar surface area (TPSA) is 17.0 Å². The fourth-order valence-corrected chi connectivity index (χ4v) is 2.60. The van der Waals surface area contributed by atoms with Crippen molar-refractivity contribution in [3.63, 3.8) is 0 Å². The lowest BCUT2D eigenvalue weighted by atomic mass is 10.1. The van der Waals surface area contributed by atoms with E-state index >= 15 is 0 Å². The Balaban J connectivity index is 2.03. The molecule has 2 nitrogen and oxygen atoms in total. The Morgan fingerprint density at radius 1 is 1.41 bits per heavy atom. The van der Waals surface area contributed by atoms with E-state index in [1.165, 1.54) is 35.0 Å². The van der Waals surface area contributed by atoms with Gasteiger partial charge in [0.05, 0.1) is 0 Å². The smallest absolute Gasteiger partial charge is 0.0498 e. The zero-order valence-electron chi connectivity index (χ0n) is 10.3. The van der Waals surface area contributed by atoms with Crippen LogP contribution < -0.4 is 5.32 Å². The third kappa shape index (κ3) is 1.96. The number of hydrogen-bond donors (Lipinski definition) is 1. The molecule has 0 amide bonds. The Labute approximate surface area is 107 Å². The van der Waals surface area contributed by atoms with Gasteiger partial charge in [-0.2, -0.15) is 0 Å². The molecular weight excluding hydrogens is 232 g/mol. The highest BCUT2D eigenvalue weighted by atomic mass is 35.5. The minimum atomic E-state index is 0.746. The van der Waals surface area contributed by atoms with Crippen molar-refractivity contribution in [2.45, 2.75) is 32.4 Å². The number of benzene rings is 1. The number of rotatable bonds is 3. The van der Waals surface area contributed by atoms with Crippen molar-refractivity contribution < 1.29 is 0 Å². The Bertz CT molecular complexity index is 567. The third-order valence-electron chi connectivity index (χ3n) is 3.70. The zero-order valence-corrected chi connectivity index (χ0v) is 11.0. The van der Waals surface area contributed by atoms with Gasteiger partial charge in [0, 0.05) is 41.3 Å². The number of fused-ring (bicyclic) bond motifs is 1. The molecule has 1 aliphatic carbocycles. The van der Waals surface area contributed by atoms with E-state index in [2.05, 4.69) is 29.9 Å². The predicted molar refractivity (Wildman–Crippen MR) is 72.5 cm³/mol. The van der Waals surface area contributed by atoms with E-state index in [0.717, 1.165) is 17.6 Å². The summed E-state index contributed by atoms with van der Waals surface area (Å²) < 4.78 is 2.26. The van der Waals surface area contributed by atoms with E-state index in [4.69, 9.17) is 11.6 Å². The van der Waals surface area contributed by atoms with Gasteiger partial charge in [0.15, 0.2) is 0 Å². The van der Waals surface area contributed by atoms with Gasteiger partial charge >= 0.3 is 0 Å². The second kappa shape index (κ2) is 4.04. The first-order chi connectivity index (χ1) is 8.16. The van der Waals surface area contributed by atoms with Crippen LogP contribution >= 0.6 is 11.6 Å². The molecule has 3 heteroatoms. The molecule has 2 aromatic rings. The van der Waals surface area contributed by atoms with Gasteiger partial charge in [-0.25, -0.2) is 0 Å². The van der Waals surface area contributed by atoms with Crippen LogP contribution in [0.4, 0.5) is 0 Å². The summed E-state index contributed by atoms with van der Waals surface area (Å²) in [6, 6.07) is 6.88. The van der Waals surface area contributed by atoms with Crippen molar-refractivity contribution in [2.75, 3.05) is 0 Å². The van der Waals surface area contributed by atoms with Crippen molar-refractivity contribution in [3.8, 4) is 0 Å². The summed E-state index contributed by atoms with van der Waals surface area (Å²) in [4.78, 5) is 0. The maximum Gasteiger partial charge on any atom is 0.0498 e. The van der Waals surface area contributed by atoms with Gasteiger partial charge in [0.25, 0.3) is 0 Å². The number of aromatic nitrogens is 1. The second-order valence-electron chi connectivity index (χ2n) is 4.95. The number of halogens is 1. The monoisotopic (exact) mass is 248 g/mol. The molecule has 1 aromatic carbocycles. The van der Waals surface area contributed by atoms with Gasteiger partial charge in [-0.3, -0.25) is 0 Å². The SMILES string of the molecule is Cc1c(CNC2CC2)n(C)c2cc(Cl)ccc12. The van der Waals surface area contributed by atoms with Crippen LogP contribution in [0.15, 0.2) is 18.2 Å². The van der Waals surface area contributed by atoms with Crippen LogP contribution in [-0.4, -0.2) is 10.6 Å². The lowest BCUT2D eigenvalue weighted by molar-refractivity contribution is 0.652. The molecule has 1 aliphatic rings. The Morgan fingerprint density at radius 3 is 2.88 bits per heavy atom. The summed E-state index contributed by atoms with van der Waals surface area (Å²) in [6.07, 6.45) is 2.66. The first-order valence-electron chi connectivity index (χ1n) is 6.13. The maximum absolute atomic E-state index is 6.06. The van der Waals surface area contributed by atoms with E-state index in [9.17, 15) is 0 Å². The van der Waals surface area contributed by atoms with Crippen LogP contribution in [0.3, 0.4) is 0 Å². The average molecular weight is 249 g/mol. The molecule has 0 saturated heterocycles. The van der Waals surface area contributed by atoms with Crippen LogP contribution in [0.5, 0.6) is 0 Å². The quantitative estimate of drug-likeness (QED) is 0.881. The van der Waals surface area contributed by atoms with E-state index in [1.807, 2.05) is 12.1 Å². The van der Waals surface area contributed by atoms with Crippen molar-refractivity contribution in [1.29, 1.82) is 0 Å². The largest absolute Gasteiger partial charge is 0.346 e. The van der Waals surface area contributed by atoms with E-state index < -0.39 is 0 Å². The van der Waals surface area contributed by atoms with E-state index in [0.29, 0.717) is 0 Å². The minimum absolute atomic E-state index is 0.746. The minimum Gasteiger partial charge on any atom is -0.346 e. The van der Waals surface area contributed by atoms with Gasteiger partial charge in [-0.05, 0) is 37.5 Å². The van der Waals surface area contributed by atoms with Crippen LogP contribution in [0, 0.1) is 6.92 Å². The van der Waals surface area contributed by atoms with Gasteiger partial charge in [0.2, 0.25) is 0 Å². The molecule has 1 heterocycles. The molecule has 1 aromatic heterocycles. The maximum atomic E-state index is 6.06. The Morgan fingerprint density at radius 2 is 2.18 bits per heavy atom. The van der Waals surface area contributed by atoms with Gasteiger partial charge in [0.1, 0.15) is 0 Å². The summed E-state index contributed by atoms with van der Waals surface area (Å²) in [6.45, 7) is 3.15. The first kappa shape index (κ1) is 11.1. The predicted octanol–water partition coefficient (Wildman–Crippen LogP) is 3.39. The fourth-order valence-electron chi connectivity index (χ4n) is 2.43. The van der Waals surface area contributed by atoms with Crippen LogP contribution in [0.1, 0.15) is 24.1 Å². The number of hydrogen-bond acceptors (Lipinski definition) is 1. The second-order valence-corrected chi connectivity index (χ2v) is 5.38. The van der Waals surface area contributed by atoms with Gasteiger partial charge in [-0.15, -0.1) is 0 Å². The molecule has 0 aliphatic heterocycles. The summed E-state index contributed by atoms with van der Waals surface area (Å²) >= 11 is 6.06. The molecule has 1 fully saturated rings. The van der Waals surface area contributed by atoms with E-state index in [1.54, 1.807) is 0 Å². The fraction of sp³-hybridized carbons (Fsp3) is 0.429. The van der Waals surface area contributed by atoms with Gasteiger partial charge < -0.3 is 9.88 Å². The Hall–Kier alpha value is -0.990. The number of nitrogens with one attached hydrogen (secondary N) is 1. The third-order valence-corrected chi connectivity index (χ3v) is 3.93. The first-order valence-corrected chi connectivity index (χ1v) is 6.51. The standard InChI is InChI=1S/C14H17ClN2/c1-9-12-6-3-10(15)7-13(12)17(2)14(9)8-16-11-4-5-11/h3,6-7,11,16H,4-5,8H2,1-2H3. The molecule has 0 spiro atoms. The average Bonchev–Trinajstić information content (AvgIpc) is 3.09. The summed E-state index contributed by atoms with van der Waals surface area (Å²) in [5.74, 6) is 0. The number of aryl methyl sites for hydroxylation is 2. The molecule has 0 bridgehead atoms. The molecular formula is C14H17ClN2. The van der Waals surface area contributed by atoms with E-state index in [-0.39, 0.29) is 0 Å². The Kier molecular flexibility index (Phi) is 2.64. The van der Waals surface area contributed by atoms with Crippen molar-refractivity contribution in [1.82, 2.24) is 9.88 Å². The summed E-state index contributed by atoms with van der Waals surface area (Å²) in [5, 5.41) is 5.69. The summed E-state index contributed by atoms with van der Waals surface area (Å²) in [5.41, 5.74) is 3.96. The zero-order chi connectivity index (χ0) is 12.0. The van der Waals surface area contributed by atoms with Gasteiger partial charge in [-0.1, -0.05) is 17.7 Å². The molecule has 1 saturated carbocycles. The molecule has 0 radical (unpaired) electrons. The van der Waals surface area contributed by atoms with Crippen molar-refractivity contribution in [3.05, 3.63) is 34.5 Å². The highest BCUT2D eigenvalue weighted by molar-refractivity contribution is 6.31. The highest BCUT2D eigenvalue weighted by Gasteiger charge is 2.21. The molecule has 0 atom stereocenters. The lowest BCUT2D eigenvalue weighted by Gasteiger charge is -2.06. The number of nitrogens with zero attached hydrogens (tertiary/aromatic N) is 1. The van der Waals surface area contributed by atoms with Crippen molar-refractivity contribution in [2.24, 2.45) is 7.05 Å². The highest BCUT2D eigenvalue weighted by Crippen LogP contribution is 2.28. The molecule has 0 unspecified atom stereocenters. The molecule has 1 N–H and O–H groups in total.